The number of aromatic amines is 1. The molecule has 0 aromatic carbocycles. The van der Waals surface area contributed by atoms with Gasteiger partial charge in [-0.05, 0) is 19.8 Å². The second kappa shape index (κ2) is 5.71. The van der Waals surface area contributed by atoms with Gasteiger partial charge in [-0.15, -0.1) is 0 Å². The fraction of sp³-hybridized carbons (Fsp3) is 0.357. The van der Waals surface area contributed by atoms with E-state index in [2.05, 4.69) is 25.5 Å². The molecular weight excluding hydrogens is 332 g/mol. The fourth-order valence-electron chi connectivity index (χ4n) is 2.23. The molecule has 1 fully saturated rings. The van der Waals surface area contributed by atoms with Gasteiger partial charge in [-0.3, -0.25) is 14.5 Å². The van der Waals surface area contributed by atoms with Gasteiger partial charge in [-0.25, -0.2) is 14.8 Å². The second-order valence-corrected chi connectivity index (χ2v) is 6.39. The highest BCUT2D eigenvalue weighted by Gasteiger charge is 2.30. The number of thiazole rings is 1. The van der Waals surface area contributed by atoms with E-state index in [9.17, 15) is 9.59 Å². The summed E-state index contributed by atoms with van der Waals surface area (Å²) in [5.41, 5.74) is 0.784. The van der Waals surface area contributed by atoms with Crippen molar-refractivity contribution in [3.05, 3.63) is 18.2 Å². The van der Waals surface area contributed by atoms with Crippen LogP contribution in [0.1, 0.15) is 30.3 Å². The minimum Gasteiger partial charge on any atom is -0.461 e. The summed E-state index contributed by atoms with van der Waals surface area (Å²) < 4.78 is 7.31. The number of ether oxygens (including phenoxy) is 1. The third-order valence-electron chi connectivity index (χ3n) is 3.59. The third kappa shape index (κ3) is 2.64. The highest BCUT2D eigenvalue weighted by atomic mass is 32.1. The Morgan fingerprint density at radius 2 is 2.33 bits per heavy atom. The smallest absolute Gasteiger partial charge is 0.358 e. The number of anilines is 1. The molecule has 9 nitrogen and oxygen atoms in total. The summed E-state index contributed by atoms with van der Waals surface area (Å²) in [6.45, 7) is 2.03. The van der Waals surface area contributed by atoms with Crippen molar-refractivity contribution in [3.8, 4) is 5.82 Å². The number of nitrogens with one attached hydrogen (secondary N) is 2. The number of hydrogen-bond acceptors (Lipinski definition) is 7. The summed E-state index contributed by atoms with van der Waals surface area (Å²) in [7, 11) is 0. The van der Waals surface area contributed by atoms with Crippen molar-refractivity contribution in [1.82, 2.24) is 24.7 Å². The molecular formula is C14H14N6O3S. The first kappa shape index (κ1) is 14.8. The number of imidazole rings is 1. The lowest BCUT2D eigenvalue weighted by molar-refractivity contribution is -0.117. The first-order valence-electron chi connectivity index (χ1n) is 7.53. The fourth-order valence-corrected chi connectivity index (χ4v) is 3.15. The molecule has 124 valence electrons. The van der Waals surface area contributed by atoms with Gasteiger partial charge in [0.2, 0.25) is 5.91 Å². The first-order chi connectivity index (χ1) is 11.7. The Balaban J connectivity index is 1.61. The number of carbonyl (C=O) groups excluding carboxylic acids is 2. The van der Waals surface area contributed by atoms with Gasteiger partial charge < -0.3 is 10.1 Å². The van der Waals surface area contributed by atoms with E-state index < -0.39 is 5.97 Å². The van der Waals surface area contributed by atoms with E-state index in [1.807, 2.05) is 0 Å². The van der Waals surface area contributed by atoms with Gasteiger partial charge in [0.15, 0.2) is 22.3 Å². The van der Waals surface area contributed by atoms with Crippen molar-refractivity contribution in [2.45, 2.75) is 19.8 Å². The zero-order valence-electron chi connectivity index (χ0n) is 12.8. The number of esters is 1. The highest BCUT2D eigenvalue weighted by molar-refractivity contribution is 7.22. The minimum atomic E-state index is -0.482. The van der Waals surface area contributed by atoms with Gasteiger partial charge in [-0.1, -0.05) is 11.3 Å². The van der Waals surface area contributed by atoms with Crippen LogP contribution in [-0.2, 0) is 9.53 Å². The molecule has 4 rings (SSSR count). The molecule has 24 heavy (non-hydrogen) atoms. The summed E-state index contributed by atoms with van der Waals surface area (Å²) in [5.74, 6) is 0.209. The van der Waals surface area contributed by atoms with Gasteiger partial charge in [-0.2, -0.15) is 5.10 Å². The lowest BCUT2D eigenvalue weighted by Crippen LogP contribution is -2.12. The Morgan fingerprint density at radius 1 is 1.50 bits per heavy atom. The second-order valence-electron chi connectivity index (χ2n) is 5.39. The molecule has 10 heteroatoms. The molecule has 0 aliphatic heterocycles. The van der Waals surface area contributed by atoms with Crippen LogP contribution in [0.2, 0.25) is 0 Å². The Bertz CT molecular complexity index is 922. The van der Waals surface area contributed by atoms with E-state index in [4.69, 9.17) is 4.74 Å². The molecule has 0 spiro atoms. The van der Waals surface area contributed by atoms with Crippen LogP contribution in [0.4, 0.5) is 5.13 Å². The molecule has 1 saturated carbocycles. The first-order valence-corrected chi connectivity index (χ1v) is 8.34. The maximum absolute atomic E-state index is 11.8. The molecule has 0 atom stereocenters. The summed E-state index contributed by atoms with van der Waals surface area (Å²) in [4.78, 5) is 31.9. The monoisotopic (exact) mass is 346 g/mol. The summed E-state index contributed by atoms with van der Waals surface area (Å²) in [5, 5.41) is 10.4. The Morgan fingerprint density at radius 3 is 3.08 bits per heavy atom. The van der Waals surface area contributed by atoms with Crippen LogP contribution in [0, 0.1) is 5.92 Å². The molecule has 3 aromatic heterocycles. The molecule has 1 amide bonds. The van der Waals surface area contributed by atoms with Crippen LogP contribution >= 0.6 is 11.3 Å². The van der Waals surface area contributed by atoms with Crippen molar-refractivity contribution in [3.63, 3.8) is 0 Å². The van der Waals surface area contributed by atoms with E-state index in [-0.39, 0.29) is 24.1 Å². The molecule has 0 bridgehead atoms. The van der Waals surface area contributed by atoms with Crippen molar-refractivity contribution in [1.29, 1.82) is 0 Å². The van der Waals surface area contributed by atoms with E-state index in [0.29, 0.717) is 16.6 Å². The number of hydrogen-bond donors (Lipinski definition) is 2. The van der Waals surface area contributed by atoms with Crippen molar-refractivity contribution >= 4 is 38.7 Å². The van der Waals surface area contributed by atoms with Crippen LogP contribution in [0.3, 0.4) is 0 Å². The number of H-pyrrole nitrogens is 1. The van der Waals surface area contributed by atoms with Gasteiger partial charge >= 0.3 is 5.97 Å². The number of aromatic nitrogens is 5. The average Bonchev–Trinajstić information content (AvgIpc) is 2.99. The van der Waals surface area contributed by atoms with Crippen LogP contribution in [0.15, 0.2) is 12.5 Å². The molecule has 0 unspecified atom stereocenters. The molecule has 3 aromatic rings. The lowest BCUT2D eigenvalue weighted by Gasteiger charge is -1.98. The predicted octanol–water partition coefficient (Wildman–Crippen LogP) is 1.73. The third-order valence-corrected chi connectivity index (χ3v) is 4.55. The zero-order chi connectivity index (χ0) is 16.7. The molecule has 1 aliphatic carbocycles. The van der Waals surface area contributed by atoms with Gasteiger partial charge in [0.1, 0.15) is 11.0 Å². The van der Waals surface area contributed by atoms with Gasteiger partial charge in [0.25, 0.3) is 0 Å². The van der Waals surface area contributed by atoms with Crippen molar-refractivity contribution < 1.29 is 14.3 Å². The topological polar surface area (TPSA) is 115 Å². The van der Waals surface area contributed by atoms with Gasteiger partial charge in [0, 0.05) is 12.1 Å². The number of amides is 1. The molecule has 2 N–H and O–H groups in total. The van der Waals surface area contributed by atoms with E-state index >= 15 is 0 Å². The molecule has 1 aliphatic rings. The summed E-state index contributed by atoms with van der Waals surface area (Å²) in [6.07, 6.45) is 4.92. The average molecular weight is 346 g/mol. The summed E-state index contributed by atoms with van der Waals surface area (Å²) >= 11 is 1.33. The quantitative estimate of drug-likeness (QED) is 0.680. The maximum atomic E-state index is 11.8. The van der Waals surface area contributed by atoms with Crippen molar-refractivity contribution in [2.75, 3.05) is 11.9 Å². The Kier molecular flexibility index (Phi) is 3.53. The zero-order valence-corrected chi connectivity index (χ0v) is 13.6. The standard InChI is InChI=1S/C14H14N6O3S/c1-2-23-13(22)8-5-20(6-15-8)11-9-10(18-19-11)16-14(24-9)17-12(21)7-3-4-7/h5-7H,2-4H2,1H3,(H2,16,17,18,19,21). The predicted molar refractivity (Wildman–Crippen MR) is 86.2 cm³/mol. The molecule has 0 saturated heterocycles. The Labute approximate surface area is 140 Å². The van der Waals surface area contributed by atoms with Crippen LogP contribution in [0.25, 0.3) is 16.2 Å². The number of nitrogens with zero attached hydrogens (tertiary/aromatic N) is 4. The van der Waals surface area contributed by atoms with E-state index in [1.165, 1.54) is 17.7 Å². The maximum Gasteiger partial charge on any atom is 0.358 e. The van der Waals surface area contributed by atoms with Crippen LogP contribution in [0.5, 0.6) is 0 Å². The van der Waals surface area contributed by atoms with Gasteiger partial charge in [0.05, 0.1) is 6.61 Å². The van der Waals surface area contributed by atoms with Crippen LogP contribution < -0.4 is 5.32 Å². The highest BCUT2D eigenvalue weighted by Crippen LogP contribution is 2.33. The van der Waals surface area contributed by atoms with Crippen LogP contribution in [-0.4, -0.2) is 43.2 Å². The van der Waals surface area contributed by atoms with E-state index in [1.54, 1.807) is 17.7 Å². The molecule has 0 radical (unpaired) electrons. The summed E-state index contributed by atoms with van der Waals surface area (Å²) in [6, 6.07) is 0. The SMILES string of the molecule is CCOC(=O)c1cn(-c2n[nH]c3nc(NC(=O)C4CC4)sc23)cn1. The number of fused-ring (bicyclic) bond motifs is 1. The normalized spacial score (nSPS) is 14.0. The minimum absolute atomic E-state index is 0.00754. The van der Waals surface area contributed by atoms with E-state index in [0.717, 1.165) is 17.5 Å². The van der Waals surface area contributed by atoms with Crippen molar-refractivity contribution in [2.24, 2.45) is 5.92 Å². The number of rotatable bonds is 5. The number of carbonyl (C=O) groups is 2. The Hall–Kier alpha value is -2.75. The molecule has 3 heterocycles. The largest absolute Gasteiger partial charge is 0.461 e. The lowest BCUT2D eigenvalue weighted by atomic mass is 10.4.